The molecule has 7 nitrogen and oxygen atoms in total. The highest BCUT2D eigenvalue weighted by molar-refractivity contribution is 5.77. The van der Waals surface area contributed by atoms with Crippen molar-refractivity contribution in [3.63, 3.8) is 0 Å². The summed E-state index contributed by atoms with van der Waals surface area (Å²) in [6, 6.07) is 1.83. The summed E-state index contributed by atoms with van der Waals surface area (Å²) < 4.78 is 0. The molecule has 0 radical (unpaired) electrons. The maximum atomic E-state index is 11.2. The number of hydrogen-bond acceptors (Lipinski definition) is 6. The second-order valence-corrected chi connectivity index (χ2v) is 6.49. The van der Waals surface area contributed by atoms with Gasteiger partial charge in [-0.1, -0.05) is 20.8 Å². The van der Waals surface area contributed by atoms with E-state index in [1.165, 1.54) is 0 Å². The van der Waals surface area contributed by atoms with E-state index in [9.17, 15) is 4.79 Å². The summed E-state index contributed by atoms with van der Waals surface area (Å²) in [7, 11) is 0. The molecule has 2 heterocycles. The van der Waals surface area contributed by atoms with E-state index < -0.39 is 0 Å². The van der Waals surface area contributed by atoms with Crippen LogP contribution >= 0.6 is 0 Å². The summed E-state index contributed by atoms with van der Waals surface area (Å²) in [6.45, 7) is 7.71. The van der Waals surface area contributed by atoms with Crippen molar-refractivity contribution in [2.45, 2.75) is 39.0 Å². The predicted octanol–water partition coefficient (Wildman–Crippen LogP) is 0.761. The molecule has 0 atom stereocenters. The summed E-state index contributed by atoms with van der Waals surface area (Å²) in [5, 5.41) is 0. The lowest BCUT2D eigenvalue weighted by Crippen LogP contribution is -2.39. The van der Waals surface area contributed by atoms with Crippen LogP contribution in [0, 0.1) is 5.92 Å². The third-order valence-corrected chi connectivity index (χ3v) is 3.75. The van der Waals surface area contributed by atoms with Gasteiger partial charge in [0.15, 0.2) is 0 Å². The van der Waals surface area contributed by atoms with Crippen molar-refractivity contribution >= 4 is 17.5 Å². The first kappa shape index (κ1) is 15.5. The number of aromatic nitrogens is 2. The maximum Gasteiger partial charge on any atom is 0.220 e. The number of piperidine rings is 1. The Morgan fingerprint density at radius 3 is 2.43 bits per heavy atom. The van der Waals surface area contributed by atoms with Gasteiger partial charge >= 0.3 is 0 Å². The van der Waals surface area contributed by atoms with Crippen molar-refractivity contribution < 1.29 is 4.79 Å². The van der Waals surface area contributed by atoms with Gasteiger partial charge in [-0.05, 0) is 12.8 Å². The maximum absolute atomic E-state index is 11.2. The minimum Gasteiger partial charge on any atom is -0.369 e. The molecule has 0 bridgehead atoms. The molecule has 116 valence electrons. The van der Waals surface area contributed by atoms with Crippen LogP contribution in [0.15, 0.2) is 6.07 Å². The summed E-state index contributed by atoms with van der Waals surface area (Å²) >= 11 is 0. The normalized spacial score (nSPS) is 16.9. The lowest BCUT2D eigenvalue weighted by Gasteiger charge is -2.32. The topological polar surface area (TPSA) is 110 Å². The number of nitrogen functional groups attached to an aromatic ring is 1. The number of anilines is 2. The van der Waals surface area contributed by atoms with Crippen molar-refractivity contribution in [3.8, 4) is 0 Å². The van der Waals surface area contributed by atoms with E-state index in [1.807, 2.05) is 6.07 Å². The second kappa shape index (κ2) is 5.85. The molecule has 2 rings (SSSR count). The van der Waals surface area contributed by atoms with E-state index >= 15 is 0 Å². The summed E-state index contributed by atoms with van der Waals surface area (Å²) in [5.41, 5.74) is 7.80. The molecule has 1 amide bonds. The van der Waals surface area contributed by atoms with E-state index in [2.05, 4.69) is 41.1 Å². The van der Waals surface area contributed by atoms with Crippen molar-refractivity contribution in [1.82, 2.24) is 9.97 Å². The fraction of sp³-hybridized carbons (Fsp3) is 0.643. The van der Waals surface area contributed by atoms with E-state index in [0.717, 1.165) is 37.6 Å². The smallest absolute Gasteiger partial charge is 0.220 e. The summed E-state index contributed by atoms with van der Waals surface area (Å²) in [5.74, 6) is 7.44. The van der Waals surface area contributed by atoms with Crippen LogP contribution in [0.3, 0.4) is 0 Å². The van der Waals surface area contributed by atoms with Gasteiger partial charge in [0.25, 0.3) is 0 Å². The van der Waals surface area contributed by atoms with Gasteiger partial charge in [-0.25, -0.2) is 15.8 Å². The Labute approximate surface area is 125 Å². The first-order valence-electron chi connectivity index (χ1n) is 7.21. The van der Waals surface area contributed by atoms with Crippen LogP contribution in [0.25, 0.3) is 0 Å². The zero-order valence-corrected chi connectivity index (χ0v) is 12.9. The molecular weight excluding hydrogens is 268 g/mol. The van der Waals surface area contributed by atoms with Crippen LogP contribution in [0.2, 0.25) is 0 Å². The molecule has 1 fully saturated rings. The Morgan fingerprint density at radius 1 is 1.33 bits per heavy atom. The SMILES string of the molecule is CC(C)(C)c1nc(NN)cc(N2CCC(C(N)=O)CC2)n1. The number of amides is 1. The molecule has 5 N–H and O–H groups in total. The lowest BCUT2D eigenvalue weighted by atomic mass is 9.95. The molecular formula is C14H24N6O. The fourth-order valence-corrected chi connectivity index (χ4v) is 2.40. The molecule has 21 heavy (non-hydrogen) atoms. The first-order valence-corrected chi connectivity index (χ1v) is 7.21. The zero-order valence-electron chi connectivity index (χ0n) is 12.9. The average Bonchev–Trinajstić information content (AvgIpc) is 2.46. The van der Waals surface area contributed by atoms with Crippen LogP contribution in [-0.4, -0.2) is 29.0 Å². The number of primary amides is 1. The average molecular weight is 292 g/mol. The van der Waals surface area contributed by atoms with Crippen LogP contribution in [0.5, 0.6) is 0 Å². The largest absolute Gasteiger partial charge is 0.369 e. The van der Waals surface area contributed by atoms with Gasteiger partial charge in [0.05, 0.1) is 0 Å². The minimum atomic E-state index is -0.211. The highest BCUT2D eigenvalue weighted by Crippen LogP contribution is 2.26. The Hall–Kier alpha value is -1.89. The van der Waals surface area contributed by atoms with Crippen LogP contribution in [-0.2, 0) is 10.2 Å². The van der Waals surface area contributed by atoms with Crippen molar-refractivity contribution in [3.05, 3.63) is 11.9 Å². The highest BCUT2D eigenvalue weighted by Gasteiger charge is 2.26. The molecule has 1 aromatic heterocycles. The van der Waals surface area contributed by atoms with E-state index in [1.54, 1.807) is 0 Å². The monoisotopic (exact) mass is 292 g/mol. The molecule has 0 saturated carbocycles. The van der Waals surface area contributed by atoms with Crippen molar-refractivity contribution in [2.75, 3.05) is 23.4 Å². The molecule has 1 aliphatic heterocycles. The summed E-state index contributed by atoms with van der Waals surface area (Å²) in [4.78, 5) is 22.4. The predicted molar refractivity (Wildman–Crippen MR) is 82.7 cm³/mol. The first-order chi connectivity index (χ1) is 9.81. The summed E-state index contributed by atoms with van der Waals surface area (Å²) in [6.07, 6.45) is 1.52. The fourth-order valence-electron chi connectivity index (χ4n) is 2.40. The molecule has 1 saturated heterocycles. The number of nitrogens with zero attached hydrogens (tertiary/aromatic N) is 3. The number of nitrogens with two attached hydrogens (primary N) is 2. The van der Waals surface area contributed by atoms with E-state index in [-0.39, 0.29) is 17.2 Å². The number of hydrazine groups is 1. The minimum absolute atomic E-state index is 0.0303. The van der Waals surface area contributed by atoms with Crippen LogP contribution in [0.1, 0.15) is 39.4 Å². The molecule has 0 unspecified atom stereocenters. The second-order valence-electron chi connectivity index (χ2n) is 6.49. The van der Waals surface area contributed by atoms with Crippen LogP contribution < -0.4 is 21.9 Å². The highest BCUT2D eigenvalue weighted by atomic mass is 16.1. The number of hydrogen-bond donors (Lipinski definition) is 3. The Balaban J connectivity index is 2.22. The van der Waals surface area contributed by atoms with Gasteiger partial charge in [0.2, 0.25) is 5.91 Å². The number of nitrogens with one attached hydrogen (secondary N) is 1. The van der Waals surface area contributed by atoms with Crippen molar-refractivity contribution in [1.29, 1.82) is 0 Å². The number of carbonyl (C=O) groups is 1. The van der Waals surface area contributed by atoms with Crippen molar-refractivity contribution in [2.24, 2.45) is 17.5 Å². The molecule has 1 aliphatic rings. The molecule has 0 aliphatic carbocycles. The Bertz CT molecular complexity index is 517. The number of rotatable bonds is 3. The van der Waals surface area contributed by atoms with Gasteiger partial charge in [0, 0.05) is 30.5 Å². The lowest BCUT2D eigenvalue weighted by molar-refractivity contribution is -0.122. The molecule has 1 aromatic rings. The quantitative estimate of drug-likeness (QED) is 0.560. The van der Waals surface area contributed by atoms with E-state index in [4.69, 9.17) is 11.6 Å². The van der Waals surface area contributed by atoms with Gasteiger partial charge in [-0.15, -0.1) is 0 Å². The standard InChI is InChI=1S/C14H24N6O/c1-14(2,3)13-17-10(19-16)8-11(18-13)20-6-4-9(5-7-20)12(15)21/h8-9H,4-7,16H2,1-3H3,(H2,15,21)(H,17,18,19). The van der Waals surface area contributed by atoms with Gasteiger partial charge < -0.3 is 16.1 Å². The molecule has 0 aromatic carbocycles. The Morgan fingerprint density at radius 2 is 1.95 bits per heavy atom. The van der Waals surface area contributed by atoms with Gasteiger partial charge in [0.1, 0.15) is 17.5 Å². The molecule has 7 heteroatoms. The van der Waals surface area contributed by atoms with Gasteiger partial charge in [-0.2, -0.15) is 0 Å². The third-order valence-electron chi connectivity index (χ3n) is 3.75. The molecule has 0 spiro atoms. The number of carbonyl (C=O) groups excluding carboxylic acids is 1. The van der Waals surface area contributed by atoms with Crippen LogP contribution in [0.4, 0.5) is 11.6 Å². The van der Waals surface area contributed by atoms with Gasteiger partial charge in [-0.3, -0.25) is 4.79 Å². The third kappa shape index (κ3) is 3.60. The Kier molecular flexibility index (Phi) is 4.32. The zero-order chi connectivity index (χ0) is 15.6. The van der Waals surface area contributed by atoms with E-state index in [0.29, 0.717) is 5.82 Å².